The zero-order valence-corrected chi connectivity index (χ0v) is 12.1. The third-order valence-electron chi connectivity index (χ3n) is 4.07. The third-order valence-corrected chi connectivity index (χ3v) is 4.07. The number of nitriles is 1. The van der Waals surface area contributed by atoms with Crippen molar-refractivity contribution in [3.8, 4) is 6.07 Å². The first-order valence-electron chi connectivity index (χ1n) is 7.19. The van der Waals surface area contributed by atoms with Crippen molar-refractivity contribution in [3.63, 3.8) is 0 Å². The second kappa shape index (κ2) is 4.95. The number of hydrogen-bond acceptors (Lipinski definition) is 4. The molecule has 0 radical (unpaired) electrons. The largest absolute Gasteiger partial charge is 0.364 e. The van der Waals surface area contributed by atoms with Crippen LogP contribution in [0.1, 0.15) is 16.8 Å². The van der Waals surface area contributed by atoms with E-state index in [1.807, 2.05) is 17.0 Å². The molecule has 0 atom stereocenters. The number of rotatable bonds is 1. The summed E-state index contributed by atoms with van der Waals surface area (Å²) in [7, 11) is 0. The number of halogens is 1. The molecule has 1 aliphatic heterocycles. The van der Waals surface area contributed by atoms with E-state index in [2.05, 4.69) is 15.0 Å². The SMILES string of the molecule is N#Cc1ccc(N2CCc3nc4[nH]c(=O)[nH]c4cc3C2)c(F)c1. The van der Waals surface area contributed by atoms with E-state index in [4.69, 9.17) is 5.26 Å². The van der Waals surface area contributed by atoms with Gasteiger partial charge in [0, 0.05) is 25.2 Å². The lowest BCUT2D eigenvalue weighted by molar-refractivity contribution is 0.608. The summed E-state index contributed by atoms with van der Waals surface area (Å²) in [5, 5.41) is 8.83. The molecule has 0 aliphatic carbocycles. The molecule has 3 heterocycles. The Morgan fingerprint density at radius 1 is 1.30 bits per heavy atom. The van der Waals surface area contributed by atoms with Crippen molar-refractivity contribution < 1.29 is 4.39 Å². The van der Waals surface area contributed by atoms with E-state index in [1.165, 1.54) is 6.07 Å². The molecule has 0 unspecified atom stereocenters. The Morgan fingerprint density at radius 3 is 2.96 bits per heavy atom. The fourth-order valence-corrected chi connectivity index (χ4v) is 2.96. The van der Waals surface area contributed by atoms with Gasteiger partial charge < -0.3 is 9.88 Å². The van der Waals surface area contributed by atoms with E-state index in [0.29, 0.717) is 41.9 Å². The van der Waals surface area contributed by atoms with Gasteiger partial charge in [0.1, 0.15) is 5.82 Å². The number of H-pyrrole nitrogens is 2. The van der Waals surface area contributed by atoms with E-state index >= 15 is 0 Å². The predicted octanol–water partition coefficient (Wildman–Crippen LogP) is 1.82. The maximum atomic E-state index is 14.2. The number of nitrogens with one attached hydrogen (secondary N) is 2. The van der Waals surface area contributed by atoms with Gasteiger partial charge in [0.15, 0.2) is 5.65 Å². The Balaban J connectivity index is 1.72. The van der Waals surface area contributed by atoms with Gasteiger partial charge in [-0.1, -0.05) is 0 Å². The Kier molecular flexibility index (Phi) is 2.91. The third kappa shape index (κ3) is 2.25. The molecule has 0 fully saturated rings. The summed E-state index contributed by atoms with van der Waals surface area (Å²) in [5.41, 5.74) is 3.56. The second-order valence-electron chi connectivity index (χ2n) is 5.52. The molecule has 0 bridgehead atoms. The molecule has 23 heavy (non-hydrogen) atoms. The van der Waals surface area contributed by atoms with Crippen LogP contribution in [0.25, 0.3) is 11.2 Å². The van der Waals surface area contributed by atoms with Gasteiger partial charge in [-0.05, 0) is 29.8 Å². The maximum absolute atomic E-state index is 14.2. The molecule has 6 nitrogen and oxygen atoms in total. The number of benzene rings is 1. The smallest absolute Gasteiger partial charge is 0.325 e. The first kappa shape index (κ1) is 13.5. The van der Waals surface area contributed by atoms with Crippen LogP contribution in [0.2, 0.25) is 0 Å². The Hall–Kier alpha value is -3.14. The van der Waals surface area contributed by atoms with E-state index < -0.39 is 5.82 Å². The summed E-state index contributed by atoms with van der Waals surface area (Å²) in [6, 6.07) is 8.29. The van der Waals surface area contributed by atoms with Gasteiger partial charge in [-0.2, -0.15) is 5.26 Å². The van der Waals surface area contributed by atoms with Crippen molar-refractivity contribution >= 4 is 16.9 Å². The summed E-state index contributed by atoms with van der Waals surface area (Å²) >= 11 is 0. The summed E-state index contributed by atoms with van der Waals surface area (Å²) in [5.74, 6) is -0.406. The lowest BCUT2D eigenvalue weighted by atomic mass is 10.0. The summed E-state index contributed by atoms with van der Waals surface area (Å²) in [4.78, 5) is 23.1. The van der Waals surface area contributed by atoms with Crippen molar-refractivity contribution in [2.45, 2.75) is 13.0 Å². The number of fused-ring (bicyclic) bond motifs is 2. The number of aromatic nitrogens is 3. The molecule has 7 heteroatoms. The van der Waals surface area contributed by atoms with Crippen LogP contribution in [0.3, 0.4) is 0 Å². The molecule has 0 saturated heterocycles. The van der Waals surface area contributed by atoms with Crippen LogP contribution < -0.4 is 10.6 Å². The van der Waals surface area contributed by atoms with E-state index in [1.54, 1.807) is 12.1 Å². The number of nitrogens with zero attached hydrogens (tertiary/aromatic N) is 3. The number of imidazole rings is 1. The Labute approximate surface area is 130 Å². The van der Waals surface area contributed by atoms with Gasteiger partial charge in [0.25, 0.3) is 0 Å². The summed E-state index contributed by atoms with van der Waals surface area (Å²) in [6.45, 7) is 1.14. The first-order chi connectivity index (χ1) is 11.1. The van der Waals surface area contributed by atoms with Gasteiger partial charge in [-0.25, -0.2) is 14.2 Å². The minimum absolute atomic E-state index is 0.287. The monoisotopic (exact) mass is 309 g/mol. The summed E-state index contributed by atoms with van der Waals surface area (Å²) < 4.78 is 14.2. The van der Waals surface area contributed by atoms with Crippen LogP contribution in [0, 0.1) is 17.1 Å². The molecule has 4 rings (SSSR count). The standard InChI is InChI=1S/C16H12FN5O/c17-11-5-9(7-18)1-2-14(11)22-4-3-12-10(8-22)6-13-15(19-12)21-16(23)20-13/h1-2,5-6H,3-4,8H2,(H2,19,20,21,23). The molecular formula is C16H12FN5O. The Morgan fingerprint density at radius 2 is 2.17 bits per heavy atom. The molecule has 3 aromatic rings. The van der Waals surface area contributed by atoms with Gasteiger partial charge >= 0.3 is 5.69 Å². The van der Waals surface area contributed by atoms with E-state index in [9.17, 15) is 9.18 Å². The first-order valence-corrected chi connectivity index (χ1v) is 7.19. The van der Waals surface area contributed by atoms with Crippen molar-refractivity contribution in [2.75, 3.05) is 11.4 Å². The quantitative estimate of drug-likeness (QED) is 0.717. The molecule has 2 N–H and O–H groups in total. The fourth-order valence-electron chi connectivity index (χ4n) is 2.96. The van der Waals surface area contributed by atoms with Gasteiger partial charge in [0.05, 0.1) is 22.8 Å². The predicted molar refractivity (Wildman–Crippen MR) is 82.6 cm³/mol. The average molecular weight is 309 g/mol. The van der Waals surface area contributed by atoms with Crippen molar-refractivity contribution in [3.05, 3.63) is 57.4 Å². The zero-order chi connectivity index (χ0) is 16.0. The molecule has 0 saturated carbocycles. The lowest BCUT2D eigenvalue weighted by Gasteiger charge is -2.30. The van der Waals surface area contributed by atoms with Crippen LogP contribution >= 0.6 is 0 Å². The van der Waals surface area contributed by atoms with E-state index in [0.717, 1.165) is 11.3 Å². The van der Waals surface area contributed by atoms with Gasteiger partial charge in [0.2, 0.25) is 0 Å². The minimum Gasteiger partial charge on any atom is -0.364 e. The average Bonchev–Trinajstić information content (AvgIpc) is 2.90. The van der Waals surface area contributed by atoms with Crippen molar-refractivity contribution in [1.29, 1.82) is 5.26 Å². The normalized spacial score (nSPS) is 13.8. The summed E-state index contributed by atoms with van der Waals surface area (Å²) in [6.07, 6.45) is 0.665. The van der Waals surface area contributed by atoms with Crippen LogP contribution in [0.5, 0.6) is 0 Å². The molecule has 2 aromatic heterocycles. The molecular weight excluding hydrogens is 297 g/mol. The lowest BCUT2D eigenvalue weighted by Crippen LogP contribution is -2.31. The molecule has 1 aliphatic rings. The van der Waals surface area contributed by atoms with Crippen molar-refractivity contribution in [1.82, 2.24) is 15.0 Å². The van der Waals surface area contributed by atoms with E-state index in [-0.39, 0.29) is 5.69 Å². The molecule has 0 spiro atoms. The number of pyridine rings is 1. The highest BCUT2D eigenvalue weighted by molar-refractivity contribution is 5.71. The van der Waals surface area contributed by atoms with Crippen LogP contribution in [-0.4, -0.2) is 21.5 Å². The maximum Gasteiger partial charge on any atom is 0.325 e. The van der Waals surface area contributed by atoms with Crippen LogP contribution in [-0.2, 0) is 13.0 Å². The molecule has 0 amide bonds. The fraction of sp³-hybridized carbons (Fsp3) is 0.188. The topological polar surface area (TPSA) is 88.6 Å². The number of anilines is 1. The van der Waals surface area contributed by atoms with Crippen LogP contribution in [0.4, 0.5) is 10.1 Å². The van der Waals surface area contributed by atoms with Gasteiger partial charge in [-0.15, -0.1) is 0 Å². The molecule has 114 valence electrons. The van der Waals surface area contributed by atoms with Gasteiger partial charge in [-0.3, -0.25) is 4.98 Å². The molecule has 1 aromatic carbocycles. The highest BCUT2D eigenvalue weighted by Gasteiger charge is 2.21. The number of hydrogen-bond donors (Lipinski definition) is 2. The zero-order valence-electron chi connectivity index (χ0n) is 12.1. The minimum atomic E-state index is -0.406. The second-order valence-corrected chi connectivity index (χ2v) is 5.52. The van der Waals surface area contributed by atoms with Crippen LogP contribution in [0.15, 0.2) is 29.1 Å². The highest BCUT2D eigenvalue weighted by atomic mass is 19.1. The van der Waals surface area contributed by atoms with Crippen molar-refractivity contribution in [2.24, 2.45) is 0 Å². The highest BCUT2D eigenvalue weighted by Crippen LogP contribution is 2.27. The number of aromatic amines is 2. The Bertz CT molecular complexity index is 1010.